The molecule has 138 valence electrons. The molecule has 1 aromatic carbocycles. The highest BCUT2D eigenvalue weighted by atomic mass is 35.5. The smallest absolute Gasteiger partial charge is 0.256 e. The van der Waals surface area contributed by atoms with Crippen LogP contribution in [-0.2, 0) is 9.53 Å². The molecule has 0 aromatic heterocycles. The van der Waals surface area contributed by atoms with Crippen molar-refractivity contribution in [3.63, 3.8) is 0 Å². The maximum Gasteiger partial charge on any atom is 0.256 e. The van der Waals surface area contributed by atoms with E-state index < -0.39 is 5.82 Å². The van der Waals surface area contributed by atoms with Gasteiger partial charge in [-0.1, -0.05) is 11.6 Å². The first-order valence-corrected chi connectivity index (χ1v) is 8.28. The number of nitrogens with zero attached hydrogens (tertiary/aromatic N) is 2. The highest BCUT2D eigenvalue weighted by Crippen LogP contribution is 2.17. The van der Waals surface area contributed by atoms with E-state index >= 15 is 0 Å². The van der Waals surface area contributed by atoms with E-state index in [2.05, 4.69) is 5.32 Å². The largest absolute Gasteiger partial charge is 0.378 e. The lowest BCUT2D eigenvalue weighted by atomic mass is 10.1. The van der Waals surface area contributed by atoms with Crippen molar-refractivity contribution in [2.75, 3.05) is 45.9 Å². The molecule has 0 saturated carbocycles. The number of benzene rings is 1. The second-order valence-electron chi connectivity index (χ2n) is 5.82. The summed E-state index contributed by atoms with van der Waals surface area (Å²) in [6.07, 6.45) is 0. The Bertz CT molecular complexity index is 633. The number of morpholine rings is 1. The number of ether oxygens (including phenoxy) is 1. The van der Waals surface area contributed by atoms with Crippen LogP contribution in [0.2, 0.25) is 5.02 Å². The van der Waals surface area contributed by atoms with E-state index in [9.17, 15) is 14.0 Å². The number of carbonyl (C=O) groups excluding carboxylic acids is 2. The molecule has 2 heterocycles. The van der Waals surface area contributed by atoms with Crippen molar-refractivity contribution in [3.05, 3.63) is 34.6 Å². The first-order chi connectivity index (χ1) is 11.6. The molecule has 25 heavy (non-hydrogen) atoms. The zero-order chi connectivity index (χ0) is 17.1. The van der Waals surface area contributed by atoms with Crippen molar-refractivity contribution in [1.82, 2.24) is 15.1 Å². The van der Waals surface area contributed by atoms with E-state index in [0.717, 1.165) is 6.07 Å². The second kappa shape index (κ2) is 8.80. The third kappa shape index (κ3) is 4.61. The normalized spacial score (nSPS) is 20.8. The number of hydrogen-bond donors (Lipinski definition) is 1. The monoisotopic (exact) mass is 391 g/mol. The minimum absolute atomic E-state index is 0. The summed E-state index contributed by atoms with van der Waals surface area (Å²) in [7, 11) is 0. The van der Waals surface area contributed by atoms with Gasteiger partial charge in [-0.05, 0) is 18.2 Å². The van der Waals surface area contributed by atoms with Gasteiger partial charge in [0.05, 0.1) is 18.8 Å². The number of hydrogen-bond acceptors (Lipinski definition) is 4. The molecule has 0 spiro atoms. The van der Waals surface area contributed by atoms with Crippen LogP contribution in [0.4, 0.5) is 4.39 Å². The van der Waals surface area contributed by atoms with Crippen LogP contribution in [0.5, 0.6) is 0 Å². The Morgan fingerprint density at radius 2 is 1.88 bits per heavy atom. The van der Waals surface area contributed by atoms with Crippen molar-refractivity contribution in [2.24, 2.45) is 0 Å². The standard InChI is InChI=1S/C16H19ClFN3O3.ClH/c17-11-1-2-12(13(18)9-11)15(22)20-4-6-21(7-5-20)16(23)14-10-24-8-3-19-14;/h1-2,9,14,19H,3-8,10H2;1H. The molecular weight excluding hydrogens is 372 g/mol. The number of rotatable bonds is 2. The van der Waals surface area contributed by atoms with Gasteiger partial charge in [0.25, 0.3) is 5.91 Å². The van der Waals surface area contributed by atoms with E-state index in [4.69, 9.17) is 16.3 Å². The zero-order valence-electron chi connectivity index (χ0n) is 13.5. The summed E-state index contributed by atoms with van der Waals surface area (Å²) < 4.78 is 19.2. The number of nitrogens with one attached hydrogen (secondary N) is 1. The lowest BCUT2D eigenvalue weighted by Crippen LogP contribution is -2.57. The van der Waals surface area contributed by atoms with Crippen LogP contribution in [-0.4, -0.2) is 73.6 Å². The minimum Gasteiger partial charge on any atom is -0.378 e. The van der Waals surface area contributed by atoms with Crippen molar-refractivity contribution < 1.29 is 18.7 Å². The highest BCUT2D eigenvalue weighted by Gasteiger charge is 2.30. The van der Waals surface area contributed by atoms with E-state index in [-0.39, 0.29) is 40.8 Å². The van der Waals surface area contributed by atoms with E-state index in [1.165, 1.54) is 12.1 Å². The van der Waals surface area contributed by atoms with Gasteiger partial charge in [-0.2, -0.15) is 0 Å². The molecule has 0 radical (unpaired) electrons. The van der Waals surface area contributed by atoms with Gasteiger partial charge in [0.2, 0.25) is 5.91 Å². The van der Waals surface area contributed by atoms with Crippen LogP contribution in [0.25, 0.3) is 0 Å². The molecule has 2 aliphatic heterocycles. The Labute approximate surface area is 156 Å². The summed E-state index contributed by atoms with van der Waals surface area (Å²) in [4.78, 5) is 28.1. The Morgan fingerprint density at radius 3 is 2.48 bits per heavy atom. The van der Waals surface area contributed by atoms with Gasteiger partial charge in [-0.3, -0.25) is 9.59 Å². The van der Waals surface area contributed by atoms with Crippen molar-refractivity contribution >= 4 is 35.8 Å². The third-order valence-electron chi connectivity index (χ3n) is 4.26. The number of amides is 2. The minimum atomic E-state index is -0.630. The molecule has 6 nitrogen and oxygen atoms in total. The van der Waals surface area contributed by atoms with E-state index in [1.807, 2.05) is 0 Å². The summed E-state index contributed by atoms with van der Waals surface area (Å²) in [5.41, 5.74) is 0.00141. The summed E-state index contributed by atoms with van der Waals surface area (Å²) in [6.45, 7) is 3.24. The molecule has 1 aromatic rings. The Morgan fingerprint density at radius 1 is 1.20 bits per heavy atom. The van der Waals surface area contributed by atoms with Crippen LogP contribution >= 0.6 is 24.0 Å². The number of carbonyl (C=O) groups is 2. The Hall–Kier alpha value is -1.41. The predicted octanol–water partition coefficient (Wildman–Crippen LogP) is 1.17. The van der Waals surface area contributed by atoms with Gasteiger partial charge >= 0.3 is 0 Å². The van der Waals surface area contributed by atoms with Gasteiger partial charge < -0.3 is 19.9 Å². The van der Waals surface area contributed by atoms with Gasteiger partial charge in [0.15, 0.2) is 0 Å². The SMILES string of the molecule is Cl.O=C(c1ccc(Cl)cc1F)N1CCN(C(=O)C2COCCN2)CC1. The van der Waals surface area contributed by atoms with Crippen LogP contribution < -0.4 is 5.32 Å². The molecule has 1 N–H and O–H groups in total. The fourth-order valence-corrected chi connectivity index (χ4v) is 3.07. The Kier molecular flexibility index (Phi) is 7.01. The van der Waals surface area contributed by atoms with E-state index in [0.29, 0.717) is 45.9 Å². The van der Waals surface area contributed by atoms with Crippen LogP contribution in [0, 0.1) is 5.82 Å². The zero-order valence-corrected chi connectivity index (χ0v) is 15.1. The van der Waals surface area contributed by atoms with Gasteiger partial charge in [-0.25, -0.2) is 4.39 Å². The van der Waals surface area contributed by atoms with E-state index in [1.54, 1.807) is 9.80 Å². The number of halogens is 3. The predicted molar refractivity (Wildman–Crippen MR) is 93.8 cm³/mol. The highest BCUT2D eigenvalue weighted by molar-refractivity contribution is 6.30. The van der Waals surface area contributed by atoms with Crippen molar-refractivity contribution in [3.8, 4) is 0 Å². The first-order valence-electron chi connectivity index (χ1n) is 7.90. The summed E-state index contributed by atoms with van der Waals surface area (Å²) in [5.74, 6) is -1.02. The van der Waals surface area contributed by atoms with Crippen LogP contribution in [0.15, 0.2) is 18.2 Å². The van der Waals surface area contributed by atoms with Crippen molar-refractivity contribution in [1.29, 1.82) is 0 Å². The lowest BCUT2D eigenvalue weighted by molar-refractivity contribution is -0.137. The van der Waals surface area contributed by atoms with Gasteiger partial charge in [0.1, 0.15) is 11.9 Å². The molecule has 1 atom stereocenters. The molecule has 2 aliphatic rings. The van der Waals surface area contributed by atoms with Gasteiger partial charge in [0, 0.05) is 37.7 Å². The average molecular weight is 392 g/mol. The average Bonchev–Trinajstić information content (AvgIpc) is 2.61. The molecule has 0 bridgehead atoms. The van der Waals surface area contributed by atoms with Crippen molar-refractivity contribution in [2.45, 2.75) is 6.04 Å². The topological polar surface area (TPSA) is 61.9 Å². The quantitative estimate of drug-likeness (QED) is 0.821. The molecule has 1 unspecified atom stereocenters. The first kappa shape index (κ1) is 19.9. The number of piperazine rings is 1. The molecule has 2 amide bonds. The van der Waals surface area contributed by atoms with Crippen LogP contribution in [0.1, 0.15) is 10.4 Å². The molecule has 9 heteroatoms. The molecular formula is C16H20Cl2FN3O3. The fourth-order valence-electron chi connectivity index (χ4n) is 2.91. The summed E-state index contributed by atoms with van der Waals surface area (Å²) in [6, 6.07) is 3.69. The summed E-state index contributed by atoms with van der Waals surface area (Å²) in [5, 5.41) is 3.38. The molecule has 2 fully saturated rings. The maximum absolute atomic E-state index is 13.9. The summed E-state index contributed by atoms with van der Waals surface area (Å²) >= 11 is 5.71. The maximum atomic E-state index is 13.9. The molecule has 2 saturated heterocycles. The third-order valence-corrected chi connectivity index (χ3v) is 4.49. The Balaban J connectivity index is 0.00000225. The van der Waals surface area contributed by atoms with Crippen LogP contribution in [0.3, 0.4) is 0 Å². The second-order valence-corrected chi connectivity index (χ2v) is 6.26. The fraction of sp³-hybridized carbons (Fsp3) is 0.500. The lowest BCUT2D eigenvalue weighted by Gasteiger charge is -2.37. The van der Waals surface area contributed by atoms with Gasteiger partial charge in [-0.15, -0.1) is 12.4 Å². The molecule has 0 aliphatic carbocycles. The molecule has 3 rings (SSSR count).